The van der Waals surface area contributed by atoms with E-state index in [1.807, 2.05) is 13.8 Å². The lowest BCUT2D eigenvalue weighted by atomic mass is 9.80. The summed E-state index contributed by atoms with van der Waals surface area (Å²) in [7, 11) is 1.42. The Hall–Kier alpha value is -1.07. The van der Waals surface area contributed by atoms with Crippen molar-refractivity contribution in [3.05, 3.63) is 11.8 Å². The van der Waals surface area contributed by atoms with Crippen molar-refractivity contribution in [2.24, 2.45) is 11.3 Å². The van der Waals surface area contributed by atoms with Gasteiger partial charge >= 0.3 is 5.97 Å². The molecule has 5 heteroatoms. The molecule has 18 heavy (non-hydrogen) atoms. The van der Waals surface area contributed by atoms with E-state index in [4.69, 9.17) is 4.74 Å². The van der Waals surface area contributed by atoms with E-state index >= 15 is 0 Å². The van der Waals surface area contributed by atoms with Crippen molar-refractivity contribution in [1.29, 1.82) is 0 Å². The van der Waals surface area contributed by atoms with Crippen molar-refractivity contribution < 1.29 is 24.5 Å². The highest BCUT2D eigenvalue weighted by Gasteiger charge is 2.39. The van der Waals surface area contributed by atoms with Gasteiger partial charge in [-0.15, -0.1) is 0 Å². The number of carbonyl (C=O) groups is 1. The first kappa shape index (κ1) is 16.9. The molecule has 0 aromatic rings. The number of hydrogen-bond donors (Lipinski definition) is 2. The molecule has 2 N–H and O–H groups in total. The molecule has 0 aliphatic heterocycles. The number of esters is 1. The molecule has 0 aromatic carbocycles. The Morgan fingerprint density at radius 3 is 2.17 bits per heavy atom. The number of rotatable bonds is 6. The van der Waals surface area contributed by atoms with Crippen LogP contribution in [0.15, 0.2) is 11.8 Å². The summed E-state index contributed by atoms with van der Waals surface area (Å²) in [5.41, 5.74) is -0.705. The van der Waals surface area contributed by atoms with Crippen LogP contribution in [-0.4, -0.2) is 35.7 Å². The lowest BCUT2D eigenvalue weighted by Gasteiger charge is -2.36. The zero-order valence-electron chi connectivity index (χ0n) is 11.9. The molecule has 5 nitrogen and oxygen atoms in total. The Balaban J connectivity index is 4.71. The van der Waals surface area contributed by atoms with Crippen molar-refractivity contribution >= 4 is 5.97 Å². The standard InChI is InChI=1S/C13H24O5/c1-8(2)10(14)13(4,5)12(16)18-11(15)9(3)7-17-6/h7-8,10,12,14,16H,1-6H3/b9-7+. The smallest absolute Gasteiger partial charge is 0.339 e. The van der Waals surface area contributed by atoms with E-state index in [-0.39, 0.29) is 11.5 Å². The van der Waals surface area contributed by atoms with Crippen molar-refractivity contribution in [2.75, 3.05) is 7.11 Å². The second kappa shape index (κ2) is 6.75. The van der Waals surface area contributed by atoms with Gasteiger partial charge in [0, 0.05) is 0 Å². The first-order valence-electron chi connectivity index (χ1n) is 5.91. The van der Waals surface area contributed by atoms with Crippen molar-refractivity contribution in [3.63, 3.8) is 0 Å². The van der Waals surface area contributed by atoms with E-state index in [1.165, 1.54) is 20.3 Å². The minimum atomic E-state index is -1.39. The number of ether oxygens (including phenoxy) is 2. The van der Waals surface area contributed by atoms with Gasteiger partial charge in [-0.3, -0.25) is 0 Å². The van der Waals surface area contributed by atoms with Crippen LogP contribution in [0.4, 0.5) is 0 Å². The minimum Gasteiger partial charge on any atom is -0.504 e. The molecular weight excluding hydrogens is 236 g/mol. The van der Waals surface area contributed by atoms with Crippen LogP contribution in [0.5, 0.6) is 0 Å². The van der Waals surface area contributed by atoms with Gasteiger partial charge in [-0.25, -0.2) is 4.79 Å². The molecule has 0 saturated carbocycles. The summed E-state index contributed by atoms with van der Waals surface area (Å²) >= 11 is 0. The van der Waals surface area contributed by atoms with Crippen LogP contribution < -0.4 is 0 Å². The van der Waals surface area contributed by atoms with Gasteiger partial charge in [0.15, 0.2) is 0 Å². The van der Waals surface area contributed by atoms with Gasteiger partial charge in [-0.1, -0.05) is 27.7 Å². The highest BCUT2D eigenvalue weighted by Crippen LogP contribution is 2.31. The molecule has 0 aliphatic carbocycles. The maximum Gasteiger partial charge on any atom is 0.339 e. The number of aliphatic hydroxyl groups is 2. The average molecular weight is 260 g/mol. The molecule has 0 fully saturated rings. The van der Waals surface area contributed by atoms with Crippen molar-refractivity contribution in [1.82, 2.24) is 0 Å². The predicted molar refractivity (Wildman–Crippen MR) is 67.5 cm³/mol. The summed E-state index contributed by atoms with van der Waals surface area (Å²) in [6.45, 7) is 8.47. The Kier molecular flexibility index (Phi) is 6.35. The minimum absolute atomic E-state index is 0.0519. The van der Waals surface area contributed by atoms with Crippen LogP contribution in [0.1, 0.15) is 34.6 Å². The van der Waals surface area contributed by atoms with E-state index in [0.717, 1.165) is 0 Å². The lowest BCUT2D eigenvalue weighted by molar-refractivity contribution is -0.204. The van der Waals surface area contributed by atoms with E-state index in [1.54, 1.807) is 13.8 Å². The molecule has 0 heterocycles. The topological polar surface area (TPSA) is 76.0 Å². The van der Waals surface area contributed by atoms with Crippen LogP contribution in [0.2, 0.25) is 0 Å². The van der Waals surface area contributed by atoms with Gasteiger partial charge in [-0.05, 0) is 12.8 Å². The summed E-state index contributed by atoms with van der Waals surface area (Å²) in [6, 6.07) is 0. The molecule has 0 rings (SSSR count). The molecule has 0 amide bonds. The molecule has 0 bridgehead atoms. The molecule has 2 atom stereocenters. The van der Waals surface area contributed by atoms with Crippen LogP contribution in [0, 0.1) is 11.3 Å². The van der Waals surface area contributed by atoms with Crippen LogP contribution in [-0.2, 0) is 14.3 Å². The van der Waals surface area contributed by atoms with E-state index in [9.17, 15) is 15.0 Å². The molecule has 2 unspecified atom stereocenters. The quantitative estimate of drug-likeness (QED) is 0.327. The maximum atomic E-state index is 11.6. The van der Waals surface area contributed by atoms with E-state index in [0.29, 0.717) is 0 Å². The van der Waals surface area contributed by atoms with Crippen molar-refractivity contribution in [2.45, 2.75) is 47.0 Å². The molecule has 0 aliphatic rings. The SMILES string of the molecule is CO/C=C(\C)C(=O)OC(O)C(C)(C)C(O)C(C)C. The van der Waals surface area contributed by atoms with Gasteiger partial charge in [-0.2, -0.15) is 0 Å². The number of hydrogen-bond acceptors (Lipinski definition) is 5. The van der Waals surface area contributed by atoms with Gasteiger partial charge in [0.05, 0.1) is 30.5 Å². The molecule has 106 valence electrons. The lowest BCUT2D eigenvalue weighted by Crippen LogP contribution is -2.45. The largest absolute Gasteiger partial charge is 0.504 e. The maximum absolute atomic E-state index is 11.6. The number of methoxy groups -OCH3 is 1. The van der Waals surface area contributed by atoms with Gasteiger partial charge in [0.2, 0.25) is 6.29 Å². The number of carbonyl (C=O) groups excluding carboxylic acids is 1. The fraction of sp³-hybridized carbons (Fsp3) is 0.769. The third-order valence-electron chi connectivity index (χ3n) is 2.87. The molecule has 0 saturated heterocycles. The van der Waals surface area contributed by atoms with Crippen LogP contribution in [0.25, 0.3) is 0 Å². The third-order valence-corrected chi connectivity index (χ3v) is 2.87. The Morgan fingerprint density at radius 1 is 1.28 bits per heavy atom. The fourth-order valence-electron chi connectivity index (χ4n) is 1.58. The summed E-state index contributed by atoms with van der Waals surface area (Å²) in [6.07, 6.45) is -0.935. The summed E-state index contributed by atoms with van der Waals surface area (Å²) < 4.78 is 9.59. The Bertz CT molecular complexity index is 307. The van der Waals surface area contributed by atoms with E-state index < -0.39 is 23.8 Å². The fourth-order valence-corrected chi connectivity index (χ4v) is 1.58. The average Bonchev–Trinajstić information content (AvgIpc) is 2.27. The Morgan fingerprint density at radius 2 is 1.78 bits per heavy atom. The van der Waals surface area contributed by atoms with Gasteiger partial charge < -0.3 is 19.7 Å². The number of aliphatic hydroxyl groups excluding tert-OH is 2. The summed E-state index contributed by atoms with van der Waals surface area (Å²) in [4.78, 5) is 11.6. The zero-order valence-corrected chi connectivity index (χ0v) is 11.9. The van der Waals surface area contributed by atoms with Gasteiger partial charge in [0.25, 0.3) is 0 Å². The second-order valence-electron chi connectivity index (χ2n) is 5.30. The third kappa shape index (κ3) is 4.31. The molecular formula is C13H24O5. The molecule has 0 aromatic heterocycles. The normalized spacial score (nSPS) is 16.4. The monoisotopic (exact) mass is 260 g/mol. The van der Waals surface area contributed by atoms with Crippen LogP contribution in [0.3, 0.4) is 0 Å². The van der Waals surface area contributed by atoms with Gasteiger partial charge in [0.1, 0.15) is 0 Å². The Labute approximate surface area is 108 Å². The van der Waals surface area contributed by atoms with E-state index in [2.05, 4.69) is 4.74 Å². The first-order valence-corrected chi connectivity index (χ1v) is 5.91. The first-order chi connectivity index (χ1) is 8.14. The summed E-state index contributed by atoms with van der Waals surface area (Å²) in [5.74, 6) is -0.725. The second-order valence-corrected chi connectivity index (χ2v) is 5.30. The summed E-state index contributed by atoms with van der Waals surface area (Å²) in [5, 5.41) is 19.9. The zero-order chi connectivity index (χ0) is 14.5. The van der Waals surface area contributed by atoms with Crippen LogP contribution >= 0.6 is 0 Å². The van der Waals surface area contributed by atoms with Crippen molar-refractivity contribution in [3.8, 4) is 0 Å². The highest BCUT2D eigenvalue weighted by molar-refractivity contribution is 5.87. The molecule has 0 radical (unpaired) electrons. The molecule has 0 spiro atoms. The highest BCUT2D eigenvalue weighted by atomic mass is 16.6. The predicted octanol–water partition coefficient (Wildman–Crippen LogP) is 1.44.